The van der Waals surface area contributed by atoms with E-state index >= 15 is 0 Å². The zero-order chi connectivity index (χ0) is 27.9. The van der Waals surface area contributed by atoms with Crippen LogP contribution < -0.4 is 0 Å². The van der Waals surface area contributed by atoms with E-state index in [2.05, 4.69) is 48.5 Å². The average Bonchev–Trinajstić information content (AvgIpc) is 3.81. The van der Waals surface area contributed by atoms with Crippen LogP contribution in [0.2, 0.25) is 0 Å². The molecule has 0 spiro atoms. The molecule has 3 aliphatic rings. The van der Waals surface area contributed by atoms with E-state index in [9.17, 15) is 0 Å². The molecule has 0 aromatic heterocycles. The molecule has 0 amide bonds. The highest BCUT2D eigenvalue weighted by molar-refractivity contribution is 7.41. The van der Waals surface area contributed by atoms with Gasteiger partial charge in [-0.15, -0.1) is 0 Å². The maximum absolute atomic E-state index is 7.21. The molecule has 3 atom stereocenters. The zero-order valence-corrected chi connectivity index (χ0v) is 24.0. The van der Waals surface area contributed by atoms with Gasteiger partial charge in [-0.05, 0) is 36.1 Å². The van der Waals surface area contributed by atoms with E-state index < -0.39 is 37.8 Å². The van der Waals surface area contributed by atoms with E-state index in [-0.39, 0.29) is 6.10 Å². The first-order chi connectivity index (χ1) is 20.0. The SMILES string of the molecule is CC1(C)O[C@@H]2[C@@H](O1)C(c1ccccc1)(c1ccccc1)OP(OCC1CO1)OC2(c1ccccc1)c1ccccc1. The molecule has 3 aliphatic heterocycles. The van der Waals surface area contributed by atoms with Crippen molar-refractivity contribution in [2.75, 3.05) is 13.2 Å². The van der Waals surface area contributed by atoms with Crippen molar-refractivity contribution >= 4 is 8.60 Å². The first-order valence-electron chi connectivity index (χ1n) is 14.0. The molecular formula is C34H33O6P. The van der Waals surface area contributed by atoms with E-state index in [1.165, 1.54) is 0 Å². The molecular weight excluding hydrogens is 535 g/mol. The van der Waals surface area contributed by atoms with Gasteiger partial charge in [0.2, 0.25) is 0 Å². The largest absolute Gasteiger partial charge is 0.371 e. The Morgan fingerprint density at radius 2 is 0.951 bits per heavy atom. The molecule has 0 radical (unpaired) electrons. The number of epoxide rings is 1. The molecule has 3 fully saturated rings. The Hall–Kier alpha value is -2.93. The van der Waals surface area contributed by atoms with Crippen molar-refractivity contribution in [1.29, 1.82) is 0 Å². The summed E-state index contributed by atoms with van der Waals surface area (Å²) in [6.45, 7) is 4.94. The quantitative estimate of drug-likeness (QED) is 0.175. The average molecular weight is 569 g/mol. The fourth-order valence-electron chi connectivity index (χ4n) is 6.02. The minimum atomic E-state index is -1.96. The van der Waals surface area contributed by atoms with Crippen LogP contribution in [0, 0.1) is 0 Å². The van der Waals surface area contributed by atoms with Crippen LogP contribution in [0.5, 0.6) is 0 Å². The molecule has 3 heterocycles. The van der Waals surface area contributed by atoms with Crippen LogP contribution >= 0.6 is 8.60 Å². The minimum Gasteiger partial charge on any atom is -0.371 e. The number of rotatable bonds is 7. The highest BCUT2D eigenvalue weighted by Crippen LogP contribution is 2.65. The molecule has 7 heteroatoms. The Morgan fingerprint density at radius 3 is 1.27 bits per heavy atom. The summed E-state index contributed by atoms with van der Waals surface area (Å²) >= 11 is 0. The van der Waals surface area contributed by atoms with Gasteiger partial charge in [-0.25, -0.2) is 0 Å². The predicted molar refractivity (Wildman–Crippen MR) is 156 cm³/mol. The third-order valence-corrected chi connectivity index (χ3v) is 9.15. The van der Waals surface area contributed by atoms with Gasteiger partial charge in [0.1, 0.15) is 18.3 Å². The number of benzene rings is 4. The summed E-state index contributed by atoms with van der Waals surface area (Å²) in [5.74, 6) is -0.922. The zero-order valence-electron chi connectivity index (χ0n) is 23.1. The van der Waals surface area contributed by atoms with Crippen molar-refractivity contribution in [2.24, 2.45) is 0 Å². The van der Waals surface area contributed by atoms with Crippen LogP contribution in [0.4, 0.5) is 0 Å². The summed E-state index contributed by atoms with van der Waals surface area (Å²) < 4.78 is 40.3. The maximum atomic E-state index is 7.21. The Labute approximate surface area is 242 Å². The molecule has 1 unspecified atom stereocenters. The molecule has 41 heavy (non-hydrogen) atoms. The van der Waals surface area contributed by atoms with Gasteiger partial charge in [-0.1, -0.05) is 121 Å². The van der Waals surface area contributed by atoms with Crippen molar-refractivity contribution in [3.8, 4) is 0 Å². The summed E-state index contributed by atoms with van der Waals surface area (Å²) in [5, 5.41) is 0. The molecule has 210 valence electrons. The molecule has 6 nitrogen and oxygen atoms in total. The van der Waals surface area contributed by atoms with Crippen molar-refractivity contribution < 1.29 is 27.8 Å². The Bertz CT molecular complexity index is 1260. The van der Waals surface area contributed by atoms with E-state index in [0.717, 1.165) is 22.3 Å². The first-order valence-corrected chi connectivity index (χ1v) is 15.1. The van der Waals surface area contributed by atoms with Crippen molar-refractivity contribution in [2.45, 2.75) is 49.1 Å². The second-order valence-electron chi connectivity index (χ2n) is 11.1. The maximum Gasteiger partial charge on any atom is 0.335 e. The fraction of sp³-hybridized carbons (Fsp3) is 0.294. The summed E-state index contributed by atoms with van der Waals surface area (Å²) in [5.41, 5.74) is 1.51. The van der Waals surface area contributed by atoms with E-state index in [1.807, 2.05) is 86.6 Å². The van der Waals surface area contributed by atoms with Crippen LogP contribution in [-0.4, -0.2) is 37.3 Å². The topological polar surface area (TPSA) is 58.7 Å². The Balaban J connectivity index is 1.52. The fourth-order valence-corrected chi connectivity index (χ4v) is 7.55. The molecule has 4 aromatic rings. The van der Waals surface area contributed by atoms with Crippen LogP contribution in [0.25, 0.3) is 0 Å². The van der Waals surface area contributed by atoms with E-state index in [1.54, 1.807) is 0 Å². The monoisotopic (exact) mass is 568 g/mol. The Morgan fingerprint density at radius 1 is 0.610 bits per heavy atom. The van der Waals surface area contributed by atoms with Gasteiger partial charge in [0.25, 0.3) is 0 Å². The first kappa shape index (κ1) is 26.9. The molecule has 0 saturated carbocycles. The van der Waals surface area contributed by atoms with Crippen LogP contribution in [0.1, 0.15) is 36.1 Å². The van der Waals surface area contributed by atoms with Crippen molar-refractivity contribution in [1.82, 2.24) is 0 Å². The molecule has 3 saturated heterocycles. The lowest BCUT2D eigenvalue weighted by Crippen LogP contribution is -2.53. The summed E-state index contributed by atoms with van der Waals surface area (Å²) in [6, 6.07) is 40.8. The van der Waals surface area contributed by atoms with Gasteiger partial charge in [-0.2, -0.15) is 0 Å². The number of fused-ring (bicyclic) bond motifs is 1. The smallest absolute Gasteiger partial charge is 0.335 e. The third kappa shape index (κ3) is 4.84. The van der Waals surface area contributed by atoms with Crippen molar-refractivity contribution in [3.63, 3.8) is 0 Å². The highest BCUT2D eigenvalue weighted by atomic mass is 31.2. The Kier molecular flexibility index (Phi) is 7.04. The summed E-state index contributed by atoms with van der Waals surface area (Å²) in [7, 11) is -1.96. The van der Waals surface area contributed by atoms with Gasteiger partial charge in [0.15, 0.2) is 17.0 Å². The molecule has 7 rings (SSSR count). The van der Waals surface area contributed by atoms with Crippen molar-refractivity contribution in [3.05, 3.63) is 144 Å². The molecule has 4 aromatic carbocycles. The van der Waals surface area contributed by atoms with Crippen LogP contribution in [-0.2, 0) is 39.0 Å². The minimum absolute atomic E-state index is 0.0320. The van der Waals surface area contributed by atoms with Gasteiger partial charge in [0.05, 0.1) is 13.2 Å². The summed E-state index contributed by atoms with van der Waals surface area (Å²) in [6.07, 6.45) is -1.20. The predicted octanol–water partition coefficient (Wildman–Crippen LogP) is 7.08. The van der Waals surface area contributed by atoms with Gasteiger partial charge < -0.3 is 18.7 Å². The standard InChI is InChI=1S/C34H33O6P/c1-32(2)37-30-31(38-32)34(27-19-11-5-12-20-27,28-21-13-6-14-22-28)40-41(36-24-29-23-35-29)39-33(30,25-15-7-3-8-16-25)26-17-9-4-10-18-26/h3-22,29-31H,23-24H2,1-2H3/t29?,30-,31-/m1/s1. The number of ether oxygens (including phenoxy) is 3. The van der Waals surface area contributed by atoms with Gasteiger partial charge in [0, 0.05) is 0 Å². The van der Waals surface area contributed by atoms with E-state index in [4.69, 9.17) is 27.8 Å². The molecule has 0 bridgehead atoms. The second-order valence-corrected chi connectivity index (χ2v) is 12.1. The van der Waals surface area contributed by atoms with Crippen LogP contribution in [0.15, 0.2) is 121 Å². The number of hydrogen-bond acceptors (Lipinski definition) is 6. The van der Waals surface area contributed by atoms with Gasteiger partial charge in [-0.3, -0.25) is 9.05 Å². The molecule has 0 aliphatic carbocycles. The lowest BCUT2D eigenvalue weighted by molar-refractivity contribution is -0.176. The number of hydrogen-bond donors (Lipinski definition) is 0. The normalized spacial score (nSPS) is 26.1. The van der Waals surface area contributed by atoms with E-state index in [0.29, 0.717) is 13.2 Å². The third-order valence-electron chi connectivity index (χ3n) is 7.91. The lowest BCUT2D eigenvalue weighted by atomic mass is 9.72. The summed E-state index contributed by atoms with van der Waals surface area (Å²) in [4.78, 5) is 0. The molecule has 0 N–H and O–H groups in total. The van der Waals surface area contributed by atoms with Gasteiger partial charge >= 0.3 is 8.60 Å². The second kappa shape index (κ2) is 10.7. The van der Waals surface area contributed by atoms with Crippen LogP contribution in [0.3, 0.4) is 0 Å². The highest BCUT2D eigenvalue weighted by Gasteiger charge is 2.67. The lowest BCUT2D eigenvalue weighted by Gasteiger charge is -2.41.